The smallest absolute Gasteiger partial charge is 0.237 e. The second-order valence-corrected chi connectivity index (χ2v) is 13.9. The number of rotatable bonds is 2. The topological polar surface area (TPSA) is 60.4 Å². The molecule has 4 heteroatoms. The molecule has 0 amide bonds. The van der Waals surface area contributed by atoms with E-state index in [0.717, 1.165) is 27.8 Å². The standard InChI is InChI=1S/C30H38O4/c1-27(2,3)15-13-14-16(28(4,5)6)21(29(7,8)9)17(15)23(31)19-18-20(24(18)32)25-26(34-33-25)22(19)30(10,11)12/h13-14H,1-12H3. The number of benzene rings is 2. The highest BCUT2D eigenvalue weighted by Gasteiger charge is 2.41. The Bertz CT molecular complexity index is 1450. The molecule has 0 unspecified atom stereocenters. The first-order valence-corrected chi connectivity index (χ1v) is 12.1. The van der Waals surface area contributed by atoms with Crippen LogP contribution in [0.15, 0.2) is 26.1 Å². The van der Waals surface area contributed by atoms with Crippen molar-refractivity contribution in [2.75, 3.05) is 0 Å². The Balaban J connectivity index is 2.19. The van der Waals surface area contributed by atoms with Crippen LogP contribution in [0.5, 0.6) is 0 Å². The highest BCUT2D eigenvalue weighted by atomic mass is 17.0. The lowest BCUT2D eigenvalue weighted by atomic mass is 9.68. The van der Waals surface area contributed by atoms with E-state index in [1.807, 2.05) is 20.8 Å². The minimum absolute atomic E-state index is 0.0914. The van der Waals surface area contributed by atoms with Crippen molar-refractivity contribution in [2.45, 2.75) is 105 Å². The van der Waals surface area contributed by atoms with Crippen LogP contribution in [0.4, 0.5) is 0 Å². The molecule has 0 spiro atoms. The van der Waals surface area contributed by atoms with E-state index in [2.05, 4.69) is 74.4 Å². The summed E-state index contributed by atoms with van der Waals surface area (Å²) in [5.41, 5.74) is 4.96. The van der Waals surface area contributed by atoms with Gasteiger partial charge in [0.1, 0.15) is 0 Å². The lowest BCUT2D eigenvalue weighted by molar-refractivity contribution is 0.0587. The van der Waals surface area contributed by atoms with Crippen molar-refractivity contribution in [1.82, 2.24) is 0 Å². The molecular formula is C30H38O4. The first-order chi connectivity index (χ1) is 15.3. The quantitative estimate of drug-likeness (QED) is 0.225. The van der Waals surface area contributed by atoms with Crippen LogP contribution in [0.2, 0.25) is 0 Å². The lowest BCUT2D eigenvalue weighted by Crippen LogP contribution is -2.30. The van der Waals surface area contributed by atoms with E-state index < -0.39 is 5.41 Å². The summed E-state index contributed by atoms with van der Waals surface area (Å²) in [4.78, 5) is 27.7. The van der Waals surface area contributed by atoms with Crippen LogP contribution >= 0.6 is 0 Å². The Morgan fingerprint density at radius 2 is 1.06 bits per heavy atom. The number of carbonyl (C=O) groups excluding carboxylic acids is 1. The van der Waals surface area contributed by atoms with Crippen LogP contribution in [0, 0.1) is 0 Å². The third kappa shape index (κ3) is 3.57. The molecule has 34 heavy (non-hydrogen) atoms. The van der Waals surface area contributed by atoms with E-state index in [1.165, 1.54) is 0 Å². The molecule has 3 aromatic carbocycles. The van der Waals surface area contributed by atoms with Crippen molar-refractivity contribution in [3.8, 4) is 0 Å². The fourth-order valence-electron chi connectivity index (χ4n) is 5.23. The maximum Gasteiger partial charge on any atom is 0.237 e. The predicted molar refractivity (Wildman–Crippen MR) is 139 cm³/mol. The van der Waals surface area contributed by atoms with Crippen molar-refractivity contribution in [2.24, 2.45) is 0 Å². The van der Waals surface area contributed by atoms with Crippen LogP contribution < -0.4 is 5.43 Å². The second-order valence-electron chi connectivity index (χ2n) is 13.9. The zero-order chi connectivity index (χ0) is 25.8. The molecule has 182 valence electrons. The number of hydrogen-bond donors (Lipinski definition) is 0. The average Bonchev–Trinajstić information content (AvgIpc) is 3.25. The normalized spacial score (nSPS) is 14.1. The van der Waals surface area contributed by atoms with Gasteiger partial charge in [-0.15, -0.1) is 0 Å². The zero-order valence-electron chi connectivity index (χ0n) is 22.8. The fourth-order valence-corrected chi connectivity index (χ4v) is 5.23. The lowest BCUT2D eigenvalue weighted by Gasteiger charge is -2.36. The van der Waals surface area contributed by atoms with Gasteiger partial charge in [-0.1, -0.05) is 95.2 Å². The predicted octanol–water partition coefficient (Wildman–Crippen LogP) is 7.84. The van der Waals surface area contributed by atoms with Crippen LogP contribution in [-0.4, -0.2) is 5.78 Å². The van der Waals surface area contributed by atoms with Gasteiger partial charge in [-0.2, -0.15) is 0 Å². The van der Waals surface area contributed by atoms with E-state index in [0.29, 0.717) is 27.5 Å². The Labute approximate surface area is 202 Å². The first kappa shape index (κ1) is 24.5. The molecule has 1 heterocycles. The molecule has 0 aliphatic heterocycles. The molecule has 4 rings (SSSR count). The third-order valence-corrected chi connectivity index (χ3v) is 6.79. The van der Waals surface area contributed by atoms with E-state index in [1.54, 1.807) is 0 Å². The van der Waals surface area contributed by atoms with Crippen LogP contribution in [0.3, 0.4) is 0 Å². The number of carbonyl (C=O) groups is 1. The number of hydrogen-bond acceptors (Lipinski definition) is 4. The molecule has 4 nitrogen and oxygen atoms in total. The maximum atomic E-state index is 14.8. The zero-order valence-corrected chi connectivity index (χ0v) is 22.8. The average molecular weight is 463 g/mol. The Kier molecular flexibility index (Phi) is 5.02. The second kappa shape index (κ2) is 6.96. The third-order valence-electron chi connectivity index (χ3n) is 6.79. The Morgan fingerprint density at radius 3 is 1.47 bits per heavy atom. The van der Waals surface area contributed by atoms with E-state index in [4.69, 9.17) is 9.15 Å². The summed E-state index contributed by atoms with van der Waals surface area (Å²) in [5, 5.41) is 0.997. The van der Waals surface area contributed by atoms with Gasteiger partial charge in [-0.3, -0.25) is 18.7 Å². The van der Waals surface area contributed by atoms with Gasteiger partial charge in [0.05, 0.1) is 5.39 Å². The van der Waals surface area contributed by atoms with Gasteiger partial charge in [0.2, 0.25) is 11.2 Å². The highest BCUT2D eigenvalue weighted by molar-refractivity contribution is 6.28. The maximum absolute atomic E-state index is 14.8. The summed E-state index contributed by atoms with van der Waals surface area (Å²) in [6.07, 6.45) is 0. The van der Waals surface area contributed by atoms with Gasteiger partial charge in [-0.25, -0.2) is 0 Å². The minimum Gasteiger partial charge on any atom is -0.289 e. The van der Waals surface area contributed by atoms with Gasteiger partial charge in [-0.05, 0) is 38.4 Å². The molecule has 0 atom stereocenters. The van der Waals surface area contributed by atoms with Crippen molar-refractivity contribution in [3.63, 3.8) is 0 Å². The largest absolute Gasteiger partial charge is 0.289 e. The Hall–Kier alpha value is -2.62. The number of ketones is 1. The molecule has 0 aliphatic carbocycles. The molecule has 0 fully saturated rings. The molecule has 0 radical (unpaired) electrons. The number of fused-ring (bicyclic) bond motifs is 3. The van der Waals surface area contributed by atoms with Gasteiger partial charge < -0.3 is 0 Å². The molecule has 0 aliphatic rings. The highest BCUT2D eigenvalue weighted by Crippen LogP contribution is 2.46. The summed E-state index contributed by atoms with van der Waals surface area (Å²) in [6, 6.07) is 4.30. The molecular weight excluding hydrogens is 424 g/mol. The van der Waals surface area contributed by atoms with Crippen molar-refractivity contribution >= 4 is 27.7 Å². The van der Waals surface area contributed by atoms with E-state index in [-0.39, 0.29) is 27.5 Å². The SMILES string of the molecule is CC(C)(C)c1ccc(C(C)(C)C)c(C(C)(C)C)c1C(=O)c1c(C(C)(C)C)c2ooc2c2c(=O)c12. The van der Waals surface area contributed by atoms with Gasteiger partial charge in [0.25, 0.3) is 0 Å². The summed E-state index contributed by atoms with van der Waals surface area (Å²) in [6.45, 7) is 25.6. The fraction of sp³-hybridized carbons (Fsp3) is 0.533. The van der Waals surface area contributed by atoms with E-state index >= 15 is 0 Å². The summed E-state index contributed by atoms with van der Waals surface area (Å²) in [5.74, 6) is -0.0914. The molecule has 0 bridgehead atoms. The van der Waals surface area contributed by atoms with Crippen molar-refractivity contribution < 1.29 is 13.9 Å². The van der Waals surface area contributed by atoms with Gasteiger partial charge in [0, 0.05) is 22.1 Å². The van der Waals surface area contributed by atoms with Crippen molar-refractivity contribution in [3.05, 3.63) is 55.7 Å². The molecule has 0 saturated heterocycles. The molecule has 1 aromatic heterocycles. The van der Waals surface area contributed by atoms with Crippen molar-refractivity contribution in [1.29, 1.82) is 0 Å². The summed E-state index contributed by atoms with van der Waals surface area (Å²) in [7, 11) is 0. The van der Waals surface area contributed by atoms with Crippen LogP contribution in [0.1, 0.15) is 121 Å². The van der Waals surface area contributed by atoms with Gasteiger partial charge >= 0.3 is 0 Å². The monoisotopic (exact) mass is 462 g/mol. The summed E-state index contributed by atoms with van der Waals surface area (Å²) < 4.78 is 10.6. The van der Waals surface area contributed by atoms with Crippen LogP contribution in [-0.2, 0) is 21.7 Å². The van der Waals surface area contributed by atoms with E-state index in [9.17, 15) is 9.59 Å². The van der Waals surface area contributed by atoms with Gasteiger partial charge in [0.15, 0.2) is 11.2 Å². The summed E-state index contributed by atoms with van der Waals surface area (Å²) >= 11 is 0. The Morgan fingerprint density at radius 1 is 0.588 bits per heavy atom. The minimum atomic E-state index is -0.414. The molecule has 4 aromatic rings. The van der Waals surface area contributed by atoms with Crippen LogP contribution in [0.25, 0.3) is 21.9 Å². The first-order valence-electron chi connectivity index (χ1n) is 12.1. The molecule has 0 saturated carbocycles. The molecule has 0 N–H and O–H groups in total.